The first-order valence-corrected chi connectivity index (χ1v) is 9.58. The van der Waals surface area contributed by atoms with Crippen LogP contribution in [0.2, 0.25) is 0 Å². The predicted octanol–water partition coefficient (Wildman–Crippen LogP) is 3.81. The van der Waals surface area contributed by atoms with Gasteiger partial charge in [0.2, 0.25) is 0 Å². The fraction of sp³-hybridized carbons (Fsp3) is 0.421. The summed E-state index contributed by atoms with van der Waals surface area (Å²) in [6.45, 7) is 4.68. The van der Waals surface area contributed by atoms with Crippen molar-refractivity contribution < 1.29 is 26.7 Å². The van der Waals surface area contributed by atoms with E-state index in [1.165, 1.54) is 12.3 Å². The van der Waals surface area contributed by atoms with Crippen LogP contribution in [0.15, 0.2) is 24.4 Å². The maximum Gasteiger partial charge on any atom is 0.408 e. The lowest BCUT2D eigenvalue weighted by Crippen LogP contribution is -2.33. The minimum Gasteiger partial charge on any atom is -0.493 e. The third-order valence-electron chi connectivity index (χ3n) is 4.35. The molecule has 1 atom stereocenters. The van der Waals surface area contributed by atoms with E-state index in [0.29, 0.717) is 13.0 Å². The van der Waals surface area contributed by atoms with Crippen LogP contribution in [-0.4, -0.2) is 51.5 Å². The fourth-order valence-electron chi connectivity index (χ4n) is 2.72. The summed E-state index contributed by atoms with van der Waals surface area (Å²) in [4.78, 5) is 7.84. The molecule has 0 aliphatic heterocycles. The maximum atomic E-state index is 14.6. The van der Waals surface area contributed by atoms with E-state index >= 15 is 0 Å². The Balaban J connectivity index is 1.85. The Labute approximate surface area is 174 Å². The van der Waals surface area contributed by atoms with Crippen LogP contribution in [0.25, 0.3) is 17.2 Å². The van der Waals surface area contributed by atoms with E-state index in [4.69, 9.17) is 4.74 Å². The zero-order valence-electron chi connectivity index (χ0n) is 16.8. The summed E-state index contributed by atoms with van der Waals surface area (Å²) < 4.78 is 74.1. The molecule has 0 bridgehead atoms. The Bertz CT molecular complexity index is 1020. The predicted molar refractivity (Wildman–Crippen MR) is 104 cm³/mol. The Morgan fingerprint density at radius 2 is 1.90 bits per heavy atom. The van der Waals surface area contributed by atoms with E-state index in [0.717, 1.165) is 30.1 Å². The number of benzene rings is 1. The molecule has 0 aliphatic carbocycles. The highest BCUT2D eigenvalue weighted by Crippen LogP contribution is 2.29. The average Bonchev–Trinajstić information content (AvgIpc) is 3.11. The molecule has 0 fully saturated rings. The van der Waals surface area contributed by atoms with Crippen LogP contribution in [-0.2, 0) is 0 Å². The number of hydrogen-bond acceptors (Lipinski definition) is 6. The summed E-state index contributed by atoms with van der Waals surface area (Å²) in [5.74, 6) is -2.45. The molecule has 168 valence electrons. The summed E-state index contributed by atoms with van der Waals surface area (Å²) >= 11 is 0. The van der Waals surface area contributed by atoms with Gasteiger partial charge in [-0.05, 0) is 32.5 Å². The first-order chi connectivity index (χ1) is 14.7. The molecule has 0 aliphatic rings. The quantitative estimate of drug-likeness (QED) is 0.386. The number of fused-ring (bicyclic) bond motifs is 1. The smallest absolute Gasteiger partial charge is 0.408 e. The molecule has 0 unspecified atom stereocenters. The summed E-state index contributed by atoms with van der Waals surface area (Å²) in [5.41, 5.74) is -0.527. The Morgan fingerprint density at radius 3 is 2.55 bits per heavy atom. The number of ether oxygens (including phenoxy) is 1. The van der Waals surface area contributed by atoms with Crippen LogP contribution in [0.1, 0.15) is 20.3 Å². The summed E-state index contributed by atoms with van der Waals surface area (Å²) in [5, 5.41) is 9.30. The van der Waals surface area contributed by atoms with Gasteiger partial charge in [-0.15, -0.1) is 5.10 Å². The highest BCUT2D eigenvalue weighted by molar-refractivity contribution is 5.61. The molecule has 2 aromatic heterocycles. The standard InChI is InChI=1S/C19H21F5N6O/c1-3-25-6-4-8-31-12-9-13(20)16(14(21)10-12)17-28-18-26-7-5-15(30(18)29-17)27-11(2)19(22,23)24/h5,7,9-11,25,27H,3-4,6,8H2,1-2H3/t11-/m0/s1. The minimum atomic E-state index is -4.50. The van der Waals surface area contributed by atoms with Crippen molar-refractivity contribution in [2.45, 2.75) is 32.5 Å². The van der Waals surface area contributed by atoms with Crippen molar-refractivity contribution in [3.8, 4) is 17.1 Å². The first-order valence-electron chi connectivity index (χ1n) is 9.58. The number of alkyl halides is 3. The molecule has 2 N–H and O–H groups in total. The molecule has 2 heterocycles. The number of aromatic nitrogens is 4. The third kappa shape index (κ3) is 5.37. The zero-order valence-corrected chi connectivity index (χ0v) is 16.8. The molecular weight excluding hydrogens is 423 g/mol. The van der Waals surface area contributed by atoms with Gasteiger partial charge < -0.3 is 15.4 Å². The van der Waals surface area contributed by atoms with Crippen molar-refractivity contribution in [3.63, 3.8) is 0 Å². The van der Waals surface area contributed by atoms with Crippen LogP contribution in [0.4, 0.5) is 27.8 Å². The molecular formula is C19H21F5N6O. The van der Waals surface area contributed by atoms with Crippen molar-refractivity contribution in [1.29, 1.82) is 0 Å². The van der Waals surface area contributed by atoms with E-state index in [-0.39, 0.29) is 29.8 Å². The van der Waals surface area contributed by atoms with Gasteiger partial charge in [0.05, 0.1) is 12.2 Å². The zero-order chi connectivity index (χ0) is 22.6. The monoisotopic (exact) mass is 444 g/mol. The topological polar surface area (TPSA) is 76.4 Å². The second kappa shape index (κ2) is 9.41. The molecule has 3 aromatic rings. The molecule has 0 radical (unpaired) electrons. The lowest BCUT2D eigenvalue weighted by atomic mass is 10.2. The number of anilines is 1. The van der Waals surface area contributed by atoms with Crippen molar-refractivity contribution >= 4 is 11.6 Å². The maximum absolute atomic E-state index is 14.6. The van der Waals surface area contributed by atoms with Gasteiger partial charge in [-0.2, -0.15) is 22.7 Å². The van der Waals surface area contributed by atoms with E-state index in [1.54, 1.807) is 0 Å². The van der Waals surface area contributed by atoms with E-state index in [1.807, 2.05) is 6.92 Å². The Hall–Kier alpha value is -3.02. The van der Waals surface area contributed by atoms with Crippen LogP contribution in [0, 0.1) is 11.6 Å². The molecule has 0 saturated heterocycles. The normalized spacial score (nSPS) is 12.9. The van der Waals surface area contributed by atoms with Crippen molar-refractivity contribution in [2.75, 3.05) is 25.0 Å². The molecule has 1 aromatic carbocycles. The lowest BCUT2D eigenvalue weighted by Gasteiger charge is -2.18. The second-order valence-corrected chi connectivity index (χ2v) is 6.70. The highest BCUT2D eigenvalue weighted by atomic mass is 19.4. The lowest BCUT2D eigenvalue weighted by molar-refractivity contribution is -0.138. The summed E-state index contributed by atoms with van der Waals surface area (Å²) in [6.07, 6.45) is -2.62. The largest absolute Gasteiger partial charge is 0.493 e. The molecule has 31 heavy (non-hydrogen) atoms. The van der Waals surface area contributed by atoms with Gasteiger partial charge in [-0.1, -0.05) is 6.92 Å². The second-order valence-electron chi connectivity index (χ2n) is 6.70. The number of nitrogens with zero attached hydrogens (tertiary/aromatic N) is 4. The Kier molecular flexibility index (Phi) is 6.88. The molecule has 0 saturated carbocycles. The number of rotatable bonds is 9. The van der Waals surface area contributed by atoms with Gasteiger partial charge in [-0.3, -0.25) is 0 Å². The molecule has 3 rings (SSSR count). The molecule has 12 heteroatoms. The number of halogens is 5. The molecule has 0 spiro atoms. The molecule has 0 amide bonds. The fourth-order valence-corrected chi connectivity index (χ4v) is 2.72. The van der Waals surface area contributed by atoms with Gasteiger partial charge in [-0.25, -0.2) is 13.8 Å². The van der Waals surface area contributed by atoms with E-state index < -0.39 is 29.4 Å². The average molecular weight is 444 g/mol. The minimum absolute atomic E-state index is 0.0125. The van der Waals surface area contributed by atoms with Gasteiger partial charge in [0.15, 0.2) is 5.82 Å². The van der Waals surface area contributed by atoms with Crippen LogP contribution < -0.4 is 15.4 Å². The van der Waals surface area contributed by atoms with Crippen LogP contribution >= 0.6 is 0 Å². The SMILES string of the molecule is CCNCCCOc1cc(F)c(-c2nc3nccc(N[C@@H](C)C(F)(F)F)n3n2)c(F)c1. The van der Waals surface area contributed by atoms with Crippen LogP contribution in [0.5, 0.6) is 5.75 Å². The van der Waals surface area contributed by atoms with Gasteiger partial charge in [0, 0.05) is 18.3 Å². The van der Waals surface area contributed by atoms with Gasteiger partial charge >= 0.3 is 6.18 Å². The first kappa shape index (κ1) is 22.7. The third-order valence-corrected chi connectivity index (χ3v) is 4.35. The van der Waals surface area contributed by atoms with Crippen molar-refractivity contribution in [3.05, 3.63) is 36.0 Å². The molecule has 7 nitrogen and oxygen atoms in total. The van der Waals surface area contributed by atoms with E-state index in [9.17, 15) is 22.0 Å². The van der Waals surface area contributed by atoms with Crippen molar-refractivity contribution in [1.82, 2.24) is 24.9 Å². The number of nitrogens with one attached hydrogen (secondary N) is 2. The van der Waals surface area contributed by atoms with Gasteiger partial charge in [0.25, 0.3) is 5.78 Å². The van der Waals surface area contributed by atoms with E-state index in [2.05, 4.69) is 25.7 Å². The highest BCUT2D eigenvalue weighted by Gasteiger charge is 2.36. The van der Waals surface area contributed by atoms with Gasteiger partial charge in [0.1, 0.15) is 29.2 Å². The summed E-state index contributed by atoms with van der Waals surface area (Å²) in [7, 11) is 0. The van der Waals surface area contributed by atoms with Crippen LogP contribution in [0.3, 0.4) is 0 Å². The number of hydrogen-bond donors (Lipinski definition) is 2. The Morgan fingerprint density at radius 1 is 1.19 bits per heavy atom. The summed E-state index contributed by atoms with van der Waals surface area (Å²) in [6, 6.07) is 1.39. The van der Waals surface area contributed by atoms with Crippen molar-refractivity contribution in [2.24, 2.45) is 0 Å².